The van der Waals surface area contributed by atoms with Crippen molar-refractivity contribution >= 4 is 10.9 Å². The Kier molecular flexibility index (Phi) is 6.39. The van der Waals surface area contributed by atoms with Gasteiger partial charge in [0.2, 0.25) is 5.82 Å². The van der Waals surface area contributed by atoms with Crippen LogP contribution in [0.25, 0.3) is 10.9 Å². The maximum atomic E-state index is 13.2. The normalized spacial score (nSPS) is 16.5. The van der Waals surface area contributed by atoms with E-state index < -0.39 is 0 Å². The lowest BCUT2D eigenvalue weighted by Crippen LogP contribution is -3.12. The van der Waals surface area contributed by atoms with Crippen LogP contribution in [0.15, 0.2) is 29.1 Å². The van der Waals surface area contributed by atoms with Crippen LogP contribution in [0.3, 0.4) is 0 Å². The van der Waals surface area contributed by atoms with Crippen molar-refractivity contribution in [2.24, 2.45) is 0 Å². The van der Waals surface area contributed by atoms with Gasteiger partial charge in [-0.15, -0.1) is 5.10 Å². The van der Waals surface area contributed by atoms with Crippen molar-refractivity contribution in [1.29, 1.82) is 0 Å². The number of ether oxygens (including phenoxy) is 2. The Morgan fingerprint density at radius 3 is 2.70 bits per heavy atom. The molecule has 3 aromatic rings. The summed E-state index contributed by atoms with van der Waals surface area (Å²) in [5, 5.41) is 13.4. The Morgan fingerprint density at radius 1 is 1.17 bits per heavy atom. The van der Waals surface area contributed by atoms with E-state index in [1.165, 1.54) is 17.7 Å². The summed E-state index contributed by atoms with van der Waals surface area (Å²) >= 11 is 0. The van der Waals surface area contributed by atoms with Crippen molar-refractivity contribution in [3.63, 3.8) is 0 Å². The number of nitrogens with one attached hydrogen (secondary N) is 2. The molecule has 0 aliphatic carbocycles. The molecule has 1 fully saturated rings. The predicted octanol–water partition coefficient (Wildman–Crippen LogP) is 0.718. The lowest BCUT2D eigenvalue weighted by atomic mass is 10.0. The van der Waals surface area contributed by atoms with Crippen LogP contribution in [-0.4, -0.2) is 59.1 Å². The minimum Gasteiger partial charge on any atom is -0.497 e. The van der Waals surface area contributed by atoms with E-state index >= 15 is 0 Å². The molecule has 0 unspecified atom stereocenters. The second-order valence-corrected chi connectivity index (χ2v) is 7.77. The number of fused-ring (bicyclic) bond motifs is 1. The summed E-state index contributed by atoms with van der Waals surface area (Å²) in [5.41, 5.74) is 1.34. The second-order valence-electron chi connectivity index (χ2n) is 7.77. The van der Waals surface area contributed by atoms with Crippen molar-refractivity contribution < 1.29 is 14.4 Å². The lowest BCUT2D eigenvalue weighted by molar-refractivity contribution is -0.925. The lowest BCUT2D eigenvalue weighted by Gasteiger charge is -2.26. The van der Waals surface area contributed by atoms with Crippen LogP contribution in [0.4, 0.5) is 0 Å². The molecule has 1 saturated heterocycles. The van der Waals surface area contributed by atoms with E-state index in [1.54, 1.807) is 18.9 Å². The number of methoxy groups -OCH3 is 2. The van der Waals surface area contributed by atoms with Crippen LogP contribution in [0, 0.1) is 0 Å². The summed E-state index contributed by atoms with van der Waals surface area (Å²) in [6.07, 6.45) is 4.71. The highest BCUT2D eigenvalue weighted by Gasteiger charge is 2.34. The molecule has 1 aliphatic rings. The van der Waals surface area contributed by atoms with Crippen molar-refractivity contribution in [2.45, 2.75) is 38.3 Å². The topological polar surface area (TPSA) is 99.4 Å². The van der Waals surface area contributed by atoms with Crippen LogP contribution >= 0.6 is 0 Å². The molecule has 9 heteroatoms. The first-order chi connectivity index (χ1) is 14.7. The molecule has 0 saturated carbocycles. The zero-order valence-electron chi connectivity index (χ0n) is 17.6. The zero-order valence-corrected chi connectivity index (χ0v) is 17.6. The number of benzene rings is 1. The zero-order chi connectivity index (χ0) is 20.9. The van der Waals surface area contributed by atoms with Crippen LogP contribution in [-0.2, 0) is 11.3 Å². The van der Waals surface area contributed by atoms with Gasteiger partial charge in [-0.3, -0.25) is 4.79 Å². The molecule has 1 atom stereocenters. The maximum absolute atomic E-state index is 13.2. The Morgan fingerprint density at radius 2 is 1.97 bits per heavy atom. The number of aromatic amines is 1. The first-order valence-electron chi connectivity index (χ1n) is 10.5. The first kappa shape index (κ1) is 20.5. The highest BCUT2D eigenvalue weighted by atomic mass is 16.5. The van der Waals surface area contributed by atoms with E-state index in [0.29, 0.717) is 30.3 Å². The fraction of sp³-hybridized carbons (Fsp3) is 0.524. The Hall–Kier alpha value is -2.78. The Bertz CT molecular complexity index is 1040. The monoisotopic (exact) mass is 413 g/mol. The summed E-state index contributed by atoms with van der Waals surface area (Å²) in [4.78, 5) is 17.6. The molecular formula is C21H29N6O3+. The van der Waals surface area contributed by atoms with Crippen LogP contribution in [0.2, 0.25) is 0 Å². The van der Waals surface area contributed by atoms with E-state index in [2.05, 4.69) is 20.5 Å². The number of tetrazole rings is 1. The number of nitrogens with zero attached hydrogens (tertiary/aromatic N) is 4. The highest BCUT2D eigenvalue weighted by molar-refractivity contribution is 5.80. The summed E-state index contributed by atoms with van der Waals surface area (Å²) in [6, 6.07) is 7.46. The van der Waals surface area contributed by atoms with Gasteiger partial charge >= 0.3 is 0 Å². The van der Waals surface area contributed by atoms with Gasteiger partial charge in [-0.2, -0.15) is 0 Å². The fourth-order valence-corrected chi connectivity index (χ4v) is 4.31. The largest absolute Gasteiger partial charge is 0.497 e. The number of rotatable bonds is 7. The predicted molar refractivity (Wildman–Crippen MR) is 112 cm³/mol. The average Bonchev–Trinajstić information content (AvgIpc) is 3.05. The number of hydrogen-bond acceptors (Lipinski definition) is 6. The second kappa shape index (κ2) is 9.36. The van der Waals surface area contributed by atoms with Gasteiger partial charge in [-0.1, -0.05) is 0 Å². The number of aromatic nitrogens is 5. The Balaban J connectivity index is 1.82. The molecular weight excluding hydrogens is 384 g/mol. The van der Waals surface area contributed by atoms with Gasteiger partial charge in [0, 0.05) is 13.2 Å². The van der Waals surface area contributed by atoms with Gasteiger partial charge < -0.3 is 19.4 Å². The average molecular weight is 414 g/mol. The molecule has 160 valence electrons. The Labute approximate surface area is 175 Å². The molecule has 30 heavy (non-hydrogen) atoms. The smallest absolute Gasteiger partial charge is 0.258 e. The molecule has 2 aromatic heterocycles. The van der Waals surface area contributed by atoms with Crippen LogP contribution in [0.5, 0.6) is 5.75 Å². The molecule has 4 rings (SSSR count). The van der Waals surface area contributed by atoms with Crippen molar-refractivity contribution in [2.75, 3.05) is 33.9 Å². The number of quaternary nitrogens is 1. The van der Waals surface area contributed by atoms with E-state index in [0.717, 1.165) is 36.8 Å². The highest BCUT2D eigenvalue weighted by Crippen LogP contribution is 2.22. The van der Waals surface area contributed by atoms with Crippen molar-refractivity contribution in [1.82, 2.24) is 25.2 Å². The third-order valence-electron chi connectivity index (χ3n) is 5.87. The molecule has 0 radical (unpaired) electrons. The van der Waals surface area contributed by atoms with E-state index in [1.807, 2.05) is 24.3 Å². The molecule has 2 N–H and O–H groups in total. The SMILES string of the molecule is COCCn1nnnc1[C@H](c1cc2ccc(OC)cc2[nH]c1=O)[NH+]1CCCCCC1. The van der Waals surface area contributed by atoms with Crippen LogP contribution in [0.1, 0.15) is 43.1 Å². The molecule has 0 bridgehead atoms. The quantitative estimate of drug-likeness (QED) is 0.592. The van der Waals surface area contributed by atoms with Gasteiger partial charge in [0.1, 0.15) is 5.75 Å². The summed E-state index contributed by atoms with van der Waals surface area (Å²) in [6.45, 7) is 3.03. The third kappa shape index (κ3) is 4.22. The van der Waals surface area contributed by atoms with Gasteiger partial charge in [-0.05, 0) is 59.7 Å². The minimum absolute atomic E-state index is 0.112. The van der Waals surface area contributed by atoms with E-state index in [-0.39, 0.29) is 11.6 Å². The van der Waals surface area contributed by atoms with Gasteiger partial charge in [0.15, 0.2) is 6.04 Å². The minimum atomic E-state index is -0.231. The molecule has 1 aliphatic heterocycles. The third-order valence-corrected chi connectivity index (χ3v) is 5.87. The summed E-state index contributed by atoms with van der Waals surface area (Å²) in [5.74, 6) is 1.42. The fourth-order valence-electron chi connectivity index (χ4n) is 4.31. The standard InChI is InChI=1S/C21H28N6O3/c1-29-12-11-27-20(23-24-25-27)19(26-9-5-3-4-6-10-26)17-13-15-7-8-16(30-2)14-18(15)22-21(17)28/h7-8,13-14,19H,3-6,9-12H2,1-2H3,(H,22,28)/p+1/t19-/m0/s1. The first-order valence-corrected chi connectivity index (χ1v) is 10.5. The van der Waals surface area contributed by atoms with Gasteiger partial charge in [-0.25, -0.2) is 4.68 Å². The molecule has 1 aromatic carbocycles. The van der Waals surface area contributed by atoms with Crippen molar-refractivity contribution in [3.05, 3.63) is 46.0 Å². The molecule has 9 nitrogen and oxygen atoms in total. The van der Waals surface area contributed by atoms with Gasteiger partial charge in [0.25, 0.3) is 5.56 Å². The molecule has 3 heterocycles. The number of likely N-dealkylation sites (tertiary alicyclic amines) is 1. The van der Waals surface area contributed by atoms with E-state index in [9.17, 15) is 4.79 Å². The van der Waals surface area contributed by atoms with E-state index in [4.69, 9.17) is 9.47 Å². The van der Waals surface area contributed by atoms with Gasteiger partial charge in [0.05, 0.1) is 44.4 Å². The molecule has 0 amide bonds. The van der Waals surface area contributed by atoms with Crippen LogP contribution < -0.4 is 15.2 Å². The number of H-pyrrole nitrogens is 1. The molecule has 0 spiro atoms. The maximum Gasteiger partial charge on any atom is 0.258 e. The number of hydrogen-bond donors (Lipinski definition) is 2. The van der Waals surface area contributed by atoms with Crippen molar-refractivity contribution in [3.8, 4) is 5.75 Å². The summed E-state index contributed by atoms with van der Waals surface area (Å²) in [7, 11) is 3.27. The number of pyridine rings is 1. The summed E-state index contributed by atoms with van der Waals surface area (Å²) < 4.78 is 12.3.